The van der Waals surface area contributed by atoms with E-state index in [0.29, 0.717) is 6.42 Å². The maximum atomic E-state index is 8.33. The highest BCUT2D eigenvalue weighted by atomic mass is 32.1. The molecule has 1 aromatic rings. The number of hydrogen-bond acceptors (Lipinski definition) is 4. The quantitative estimate of drug-likeness (QED) is 0.686. The molecule has 4 heteroatoms. The molecular weight excluding hydrogens is 158 g/mol. The zero-order chi connectivity index (χ0) is 8.10. The van der Waals surface area contributed by atoms with E-state index in [2.05, 4.69) is 14.8 Å². The van der Waals surface area contributed by atoms with Gasteiger partial charge in [-0.1, -0.05) is 6.92 Å². The van der Waals surface area contributed by atoms with Crippen molar-refractivity contribution in [2.75, 3.05) is 0 Å². The van der Waals surface area contributed by atoms with Gasteiger partial charge >= 0.3 is 0 Å². The molecular formula is C7H9N3S. The number of aromatic nitrogens is 2. The lowest BCUT2D eigenvalue weighted by Gasteiger charge is -1.91. The molecule has 1 heterocycles. The smallest absolute Gasteiger partial charge is 0.0785 e. The summed E-state index contributed by atoms with van der Waals surface area (Å²) < 4.78 is 8.21. The van der Waals surface area contributed by atoms with E-state index in [4.69, 9.17) is 5.26 Å². The van der Waals surface area contributed by atoms with Crippen LogP contribution in [-0.2, 0) is 12.8 Å². The summed E-state index contributed by atoms with van der Waals surface area (Å²) in [6.45, 7) is 2.05. The Bertz CT molecular complexity index is 261. The molecule has 0 aliphatic heterocycles. The Morgan fingerprint density at radius 3 is 2.82 bits per heavy atom. The second-order valence-electron chi connectivity index (χ2n) is 2.17. The van der Waals surface area contributed by atoms with Crippen LogP contribution in [0.25, 0.3) is 0 Å². The number of aryl methyl sites for hydroxylation is 2. The van der Waals surface area contributed by atoms with Crippen molar-refractivity contribution in [3.05, 3.63) is 11.4 Å². The molecule has 0 unspecified atom stereocenters. The molecule has 1 aromatic heterocycles. The van der Waals surface area contributed by atoms with Crippen LogP contribution in [0.5, 0.6) is 0 Å². The fourth-order valence-electron chi connectivity index (χ4n) is 0.857. The van der Waals surface area contributed by atoms with E-state index < -0.39 is 0 Å². The van der Waals surface area contributed by atoms with Gasteiger partial charge in [0.1, 0.15) is 0 Å². The summed E-state index contributed by atoms with van der Waals surface area (Å²) in [6, 6.07) is 2.09. The van der Waals surface area contributed by atoms with E-state index in [0.717, 1.165) is 24.2 Å². The molecule has 0 saturated carbocycles. The van der Waals surface area contributed by atoms with Gasteiger partial charge in [0.2, 0.25) is 0 Å². The summed E-state index contributed by atoms with van der Waals surface area (Å²) in [5, 5.41) is 8.33. The Morgan fingerprint density at radius 1 is 1.45 bits per heavy atom. The first-order chi connectivity index (χ1) is 5.38. The van der Waals surface area contributed by atoms with E-state index >= 15 is 0 Å². The van der Waals surface area contributed by atoms with E-state index in [-0.39, 0.29) is 0 Å². The largest absolute Gasteiger partial charge is 0.198 e. The van der Waals surface area contributed by atoms with Gasteiger partial charge in [0.25, 0.3) is 0 Å². The van der Waals surface area contributed by atoms with E-state index in [1.54, 1.807) is 0 Å². The van der Waals surface area contributed by atoms with Crippen molar-refractivity contribution in [1.29, 1.82) is 5.26 Å². The molecule has 0 aliphatic carbocycles. The van der Waals surface area contributed by atoms with Crippen molar-refractivity contribution >= 4 is 11.7 Å². The predicted molar refractivity (Wildman–Crippen MR) is 43.2 cm³/mol. The molecule has 0 saturated heterocycles. The number of nitriles is 1. The topological polar surface area (TPSA) is 49.6 Å². The third-order valence-corrected chi connectivity index (χ3v) is 2.05. The molecule has 0 fully saturated rings. The Morgan fingerprint density at radius 2 is 2.18 bits per heavy atom. The van der Waals surface area contributed by atoms with Crippen molar-refractivity contribution in [3.63, 3.8) is 0 Å². The monoisotopic (exact) mass is 167 g/mol. The van der Waals surface area contributed by atoms with Gasteiger partial charge in [-0.3, -0.25) is 0 Å². The maximum Gasteiger partial charge on any atom is 0.0785 e. The van der Waals surface area contributed by atoms with Crippen molar-refractivity contribution < 1.29 is 0 Å². The predicted octanol–water partition coefficient (Wildman–Crippen LogP) is 1.56. The van der Waals surface area contributed by atoms with Gasteiger partial charge in [0.15, 0.2) is 0 Å². The van der Waals surface area contributed by atoms with Crippen LogP contribution in [0.15, 0.2) is 0 Å². The number of hydrogen-bond donors (Lipinski definition) is 0. The van der Waals surface area contributed by atoms with Gasteiger partial charge in [-0.05, 0) is 6.42 Å². The van der Waals surface area contributed by atoms with Gasteiger partial charge < -0.3 is 0 Å². The lowest BCUT2D eigenvalue weighted by atomic mass is 10.2. The standard InChI is InChI=1S/C7H9N3S/c1-2-6-7(4-3-5-8)10-11-9-6/h2-4H2,1H3. The first kappa shape index (κ1) is 8.15. The molecule has 0 aliphatic rings. The van der Waals surface area contributed by atoms with Crippen molar-refractivity contribution in [3.8, 4) is 6.07 Å². The second-order valence-corrected chi connectivity index (χ2v) is 2.70. The maximum absolute atomic E-state index is 8.33. The van der Waals surface area contributed by atoms with E-state index in [1.807, 2.05) is 6.92 Å². The highest BCUT2D eigenvalue weighted by Crippen LogP contribution is 2.08. The molecule has 0 amide bonds. The Labute approximate surface area is 70.0 Å². The zero-order valence-electron chi connectivity index (χ0n) is 6.37. The molecule has 1 rings (SSSR count). The Kier molecular flexibility index (Phi) is 2.99. The zero-order valence-corrected chi connectivity index (χ0v) is 7.19. The van der Waals surface area contributed by atoms with E-state index in [1.165, 1.54) is 11.7 Å². The minimum absolute atomic E-state index is 0.540. The number of rotatable bonds is 3. The Hall–Kier alpha value is -0.950. The van der Waals surface area contributed by atoms with Gasteiger partial charge in [0.05, 0.1) is 29.2 Å². The summed E-state index contributed by atoms with van der Waals surface area (Å²) in [6.07, 6.45) is 2.20. The molecule has 0 atom stereocenters. The summed E-state index contributed by atoms with van der Waals surface area (Å²) >= 11 is 1.23. The lowest BCUT2D eigenvalue weighted by Crippen LogP contribution is -1.90. The van der Waals surface area contributed by atoms with Crippen molar-refractivity contribution in [1.82, 2.24) is 8.75 Å². The fraction of sp³-hybridized carbons (Fsp3) is 0.571. The molecule has 0 N–H and O–H groups in total. The van der Waals surface area contributed by atoms with Gasteiger partial charge in [-0.15, -0.1) is 0 Å². The van der Waals surface area contributed by atoms with Crippen LogP contribution in [0.2, 0.25) is 0 Å². The molecule has 0 aromatic carbocycles. The van der Waals surface area contributed by atoms with Crippen LogP contribution in [0.3, 0.4) is 0 Å². The van der Waals surface area contributed by atoms with Gasteiger partial charge in [-0.25, -0.2) is 0 Å². The minimum atomic E-state index is 0.540. The summed E-state index contributed by atoms with van der Waals surface area (Å²) in [5.41, 5.74) is 2.05. The van der Waals surface area contributed by atoms with Gasteiger partial charge in [0, 0.05) is 12.8 Å². The first-order valence-electron chi connectivity index (χ1n) is 3.55. The highest BCUT2D eigenvalue weighted by Gasteiger charge is 2.04. The van der Waals surface area contributed by atoms with Gasteiger partial charge in [-0.2, -0.15) is 14.0 Å². The Balaban J connectivity index is 2.62. The summed E-state index contributed by atoms with van der Waals surface area (Å²) in [4.78, 5) is 0. The third kappa shape index (κ3) is 1.99. The van der Waals surface area contributed by atoms with E-state index in [9.17, 15) is 0 Å². The third-order valence-electron chi connectivity index (χ3n) is 1.44. The van der Waals surface area contributed by atoms with Crippen LogP contribution in [0.4, 0.5) is 0 Å². The molecule has 58 valence electrons. The lowest BCUT2D eigenvalue weighted by molar-refractivity contribution is 0.925. The summed E-state index contributed by atoms with van der Waals surface area (Å²) in [5.74, 6) is 0. The summed E-state index contributed by atoms with van der Waals surface area (Å²) in [7, 11) is 0. The van der Waals surface area contributed by atoms with Crippen LogP contribution in [0, 0.1) is 11.3 Å². The highest BCUT2D eigenvalue weighted by molar-refractivity contribution is 6.99. The molecule has 11 heavy (non-hydrogen) atoms. The SMILES string of the molecule is CCc1nsnc1CCC#N. The second kappa shape index (κ2) is 4.04. The molecule has 0 spiro atoms. The number of nitrogens with zero attached hydrogens (tertiary/aromatic N) is 3. The first-order valence-corrected chi connectivity index (χ1v) is 4.28. The van der Waals surface area contributed by atoms with Crippen LogP contribution < -0.4 is 0 Å². The molecule has 3 nitrogen and oxygen atoms in total. The average Bonchev–Trinajstić information content (AvgIpc) is 2.47. The molecule has 0 radical (unpaired) electrons. The normalized spacial score (nSPS) is 9.45. The van der Waals surface area contributed by atoms with Crippen molar-refractivity contribution in [2.45, 2.75) is 26.2 Å². The van der Waals surface area contributed by atoms with Crippen molar-refractivity contribution in [2.24, 2.45) is 0 Å². The fourth-order valence-corrected chi connectivity index (χ4v) is 1.53. The van der Waals surface area contributed by atoms with Crippen LogP contribution in [0.1, 0.15) is 24.7 Å². The van der Waals surface area contributed by atoms with Crippen LogP contribution in [-0.4, -0.2) is 8.75 Å². The average molecular weight is 167 g/mol. The molecule has 0 bridgehead atoms. The van der Waals surface area contributed by atoms with Crippen LogP contribution >= 0.6 is 11.7 Å². The minimum Gasteiger partial charge on any atom is -0.198 e.